The van der Waals surface area contributed by atoms with Gasteiger partial charge in [0, 0.05) is 0 Å². The van der Waals surface area contributed by atoms with Gasteiger partial charge in [0.05, 0.1) is 5.41 Å². The zero-order chi connectivity index (χ0) is 38.4. The van der Waals surface area contributed by atoms with Crippen LogP contribution in [-0.2, 0) is 5.41 Å². The lowest BCUT2D eigenvalue weighted by molar-refractivity contribution is 0.809. The molecule has 0 saturated heterocycles. The third-order valence-electron chi connectivity index (χ3n) is 14.0. The Balaban J connectivity index is 0.984. The summed E-state index contributed by atoms with van der Waals surface area (Å²) in [4.78, 5) is 0. The molecule has 0 N–H and O–H groups in total. The third-order valence-corrected chi connectivity index (χ3v) is 14.0. The van der Waals surface area contributed by atoms with Gasteiger partial charge >= 0.3 is 0 Å². The fourth-order valence-corrected chi connectivity index (χ4v) is 11.7. The predicted octanol–water partition coefficient (Wildman–Crippen LogP) is 15.7. The van der Waals surface area contributed by atoms with E-state index in [0.717, 1.165) is 0 Å². The molecule has 12 aromatic carbocycles. The smallest absolute Gasteiger partial charge is 0.0619 e. The topological polar surface area (TPSA) is 0 Å². The number of fused-ring (bicyclic) bond motifs is 17. The van der Waals surface area contributed by atoms with Gasteiger partial charge in [-0.25, -0.2) is 0 Å². The first-order chi connectivity index (χ1) is 29.3. The second kappa shape index (κ2) is 11.3. The summed E-state index contributed by atoms with van der Waals surface area (Å²) in [6.45, 7) is 0. The zero-order valence-corrected chi connectivity index (χ0v) is 32.1. The van der Waals surface area contributed by atoms with Crippen molar-refractivity contribution in [1.29, 1.82) is 0 Å². The van der Waals surface area contributed by atoms with E-state index in [-0.39, 0.29) is 0 Å². The van der Waals surface area contributed by atoms with E-state index < -0.39 is 5.41 Å². The molecule has 0 aromatic heterocycles. The minimum absolute atomic E-state index is 0.467. The number of hydrogen-bond acceptors (Lipinski definition) is 0. The Morgan fingerprint density at radius 3 is 1.53 bits per heavy atom. The Kier molecular flexibility index (Phi) is 6.05. The van der Waals surface area contributed by atoms with Crippen molar-refractivity contribution in [2.45, 2.75) is 5.41 Å². The van der Waals surface area contributed by atoms with Crippen molar-refractivity contribution in [3.63, 3.8) is 0 Å². The molecule has 0 atom stereocenters. The van der Waals surface area contributed by atoms with Crippen LogP contribution in [0.5, 0.6) is 0 Å². The van der Waals surface area contributed by atoms with Crippen molar-refractivity contribution >= 4 is 64.6 Å². The maximum atomic E-state index is 2.43. The summed E-state index contributed by atoms with van der Waals surface area (Å²) in [6.07, 6.45) is 0. The van der Waals surface area contributed by atoms with Crippen molar-refractivity contribution in [2.75, 3.05) is 0 Å². The minimum Gasteiger partial charge on any atom is -0.0619 e. The molecule has 0 heteroatoms. The average molecular weight is 743 g/mol. The van der Waals surface area contributed by atoms with Crippen LogP contribution in [0.15, 0.2) is 206 Å². The van der Waals surface area contributed by atoms with Gasteiger partial charge in [-0.1, -0.05) is 200 Å². The predicted molar refractivity (Wildman–Crippen MR) is 250 cm³/mol. The van der Waals surface area contributed by atoms with Gasteiger partial charge in [0.2, 0.25) is 0 Å². The Hall–Kier alpha value is -7.54. The molecule has 0 fully saturated rings. The van der Waals surface area contributed by atoms with E-state index in [1.54, 1.807) is 0 Å². The van der Waals surface area contributed by atoms with Crippen molar-refractivity contribution in [3.05, 3.63) is 229 Å². The summed E-state index contributed by atoms with van der Waals surface area (Å²) in [5.74, 6) is 0. The molecule has 2 aliphatic carbocycles. The largest absolute Gasteiger partial charge is 0.0737 e. The Morgan fingerprint density at radius 1 is 0.254 bits per heavy atom. The number of hydrogen-bond donors (Lipinski definition) is 0. The Morgan fingerprint density at radius 2 is 0.780 bits per heavy atom. The number of benzene rings is 12. The summed E-state index contributed by atoms with van der Waals surface area (Å²) >= 11 is 0. The van der Waals surface area contributed by atoms with E-state index >= 15 is 0 Å². The molecule has 0 amide bonds. The molecule has 0 unspecified atom stereocenters. The highest BCUT2D eigenvalue weighted by Gasteiger charge is 2.53. The van der Waals surface area contributed by atoms with Gasteiger partial charge in [0.15, 0.2) is 0 Å². The highest BCUT2D eigenvalue weighted by atomic mass is 14.5. The summed E-state index contributed by atoms with van der Waals surface area (Å²) in [5.41, 5.74) is 15.4. The lowest BCUT2D eigenvalue weighted by Gasteiger charge is -2.32. The molecular formula is C59H34. The SMILES string of the molecule is c1ccc2c(c1)-c1ccccc1C21c2c(ccc3cc(-c4ccc(-c5ccc6ccc7cccc8ccc5c6c78)cc4)ccc23)-c2c1c1ccccc1c1ccccc21. The zero-order valence-electron chi connectivity index (χ0n) is 32.1. The van der Waals surface area contributed by atoms with E-state index in [9.17, 15) is 0 Å². The highest BCUT2D eigenvalue weighted by molar-refractivity contribution is 6.26. The highest BCUT2D eigenvalue weighted by Crippen LogP contribution is 2.66. The lowest BCUT2D eigenvalue weighted by Crippen LogP contribution is -2.26. The third kappa shape index (κ3) is 3.94. The van der Waals surface area contributed by atoms with Gasteiger partial charge in [-0.2, -0.15) is 0 Å². The van der Waals surface area contributed by atoms with Crippen molar-refractivity contribution in [2.24, 2.45) is 0 Å². The molecule has 0 bridgehead atoms. The standard InChI is InChI=1S/C59H34/c1-3-16-48-44(12-1)45-13-2-4-17-50(45)58-56(48)51-33-29-41-34-40(28-31-43(41)57(51)59(58)52-18-7-5-14-46(52)47-15-6-8-19-53(47)59)35-20-22-36(23-21-35)42-30-26-39-25-24-37-10-9-11-38-27-32-49(42)55(39)54(37)38/h1-34H. The molecule has 0 nitrogen and oxygen atoms in total. The van der Waals surface area contributed by atoms with E-state index in [2.05, 4.69) is 206 Å². The first-order valence-corrected chi connectivity index (χ1v) is 20.8. The number of rotatable bonds is 2. The van der Waals surface area contributed by atoms with Gasteiger partial charge < -0.3 is 0 Å². The molecular weight excluding hydrogens is 709 g/mol. The van der Waals surface area contributed by atoms with Crippen LogP contribution in [0.2, 0.25) is 0 Å². The summed E-state index contributed by atoms with van der Waals surface area (Å²) in [5, 5.41) is 15.8. The molecule has 59 heavy (non-hydrogen) atoms. The maximum Gasteiger partial charge on any atom is 0.0737 e. The fourth-order valence-electron chi connectivity index (χ4n) is 11.7. The van der Waals surface area contributed by atoms with Gasteiger partial charge in [-0.15, -0.1) is 0 Å². The first-order valence-electron chi connectivity index (χ1n) is 20.8. The molecule has 270 valence electrons. The molecule has 12 aromatic rings. The molecule has 0 aliphatic heterocycles. The average Bonchev–Trinajstić information content (AvgIpc) is 3.79. The van der Waals surface area contributed by atoms with Crippen LogP contribution in [-0.4, -0.2) is 0 Å². The summed E-state index contributed by atoms with van der Waals surface area (Å²) in [6, 6.07) is 78.0. The first kappa shape index (κ1) is 31.5. The van der Waals surface area contributed by atoms with Crippen molar-refractivity contribution in [1.82, 2.24) is 0 Å². The molecule has 0 saturated carbocycles. The van der Waals surface area contributed by atoms with Gasteiger partial charge in [-0.05, 0) is 137 Å². The van der Waals surface area contributed by atoms with Crippen LogP contribution in [0.1, 0.15) is 22.3 Å². The fraction of sp³-hybridized carbons (Fsp3) is 0.0169. The van der Waals surface area contributed by atoms with Gasteiger partial charge in [0.25, 0.3) is 0 Å². The van der Waals surface area contributed by atoms with Gasteiger partial charge in [0.1, 0.15) is 0 Å². The normalized spacial score (nSPS) is 13.6. The maximum absolute atomic E-state index is 2.43. The minimum atomic E-state index is -0.467. The lowest BCUT2D eigenvalue weighted by atomic mass is 9.68. The Labute approximate surface area is 341 Å². The molecule has 1 spiro atoms. The second-order valence-electron chi connectivity index (χ2n) is 16.7. The van der Waals surface area contributed by atoms with Crippen LogP contribution in [0.25, 0.3) is 109 Å². The Bertz CT molecular complexity index is 3710. The van der Waals surface area contributed by atoms with Crippen molar-refractivity contribution in [3.8, 4) is 44.5 Å². The molecule has 14 rings (SSSR count). The van der Waals surface area contributed by atoms with E-state index in [1.807, 2.05) is 0 Å². The quantitative estimate of drug-likeness (QED) is 0.155. The van der Waals surface area contributed by atoms with Crippen LogP contribution in [0.3, 0.4) is 0 Å². The molecule has 2 aliphatic rings. The van der Waals surface area contributed by atoms with E-state index in [1.165, 1.54) is 131 Å². The van der Waals surface area contributed by atoms with E-state index in [4.69, 9.17) is 0 Å². The van der Waals surface area contributed by atoms with Gasteiger partial charge in [-0.3, -0.25) is 0 Å². The van der Waals surface area contributed by atoms with Crippen LogP contribution < -0.4 is 0 Å². The van der Waals surface area contributed by atoms with Crippen LogP contribution >= 0.6 is 0 Å². The monoisotopic (exact) mass is 742 g/mol. The van der Waals surface area contributed by atoms with Crippen molar-refractivity contribution < 1.29 is 0 Å². The second-order valence-corrected chi connectivity index (χ2v) is 16.7. The van der Waals surface area contributed by atoms with Crippen LogP contribution in [0, 0.1) is 0 Å². The molecule has 0 radical (unpaired) electrons. The van der Waals surface area contributed by atoms with E-state index in [0.29, 0.717) is 0 Å². The van der Waals surface area contributed by atoms with Crippen LogP contribution in [0.4, 0.5) is 0 Å². The summed E-state index contributed by atoms with van der Waals surface area (Å²) in [7, 11) is 0. The molecule has 0 heterocycles. The summed E-state index contributed by atoms with van der Waals surface area (Å²) < 4.78 is 0.